The van der Waals surface area contributed by atoms with E-state index in [1.165, 1.54) is 12.1 Å². The molecule has 138 valence electrons. The van der Waals surface area contributed by atoms with Crippen LogP contribution >= 0.6 is 0 Å². The normalized spacial score (nSPS) is 17.2. The molecule has 1 fully saturated rings. The molecule has 2 aromatic rings. The average molecular weight is 375 g/mol. The second kappa shape index (κ2) is 7.94. The van der Waals surface area contributed by atoms with Gasteiger partial charge in [-0.15, -0.1) is 0 Å². The summed E-state index contributed by atoms with van der Waals surface area (Å²) in [5, 5.41) is 2.77. The summed E-state index contributed by atoms with van der Waals surface area (Å²) in [6, 6.07) is 9.50. The predicted molar refractivity (Wildman–Crippen MR) is 96.1 cm³/mol. The summed E-state index contributed by atoms with van der Waals surface area (Å²) < 4.78 is 32.8. The summed E-state index contributed by atoms with van der Waals surface area (Å²) in [6.07, 6.45) is 2.31. The largest absolute Gasteiger partial charge is 0.380 e. The summed E-state index contributed by atoms with van der Waals surface area (Å²) in [4.78, 5) is 16.7. The third-order valence-corrected chi connectivity index (χ3v) is 5.71. The Balaban J connectivity index is 1.70. The number of aromatic nitrogens is 1. The van der Waals surface area contributed by atoms with Crippen LogP contribution in [0.15, 0.2) is 47.5 Å². The minimum absolute atomic E-state index is 0.0612. The van der Waals surface area contributed by atoms with Gasteiger partial charge in [-0.3, -0.25) is 9.78 Å². The van der Waals surface area contributed by atoms with E-state index < -0.39 is 10.0 Å². The molecule has 1 aromatic heterocycles. The highest BCUT2D eigenvalue weighted by Crippen LogP contribution is 2.14. The molecule has 0 saturated carbocycles. The van der Waals surface area contributed by atoms with E-state index in [-0.39, 0.29) is 29.0 Å². The maximum atomic E-state index is 12.5. The lowest BCUT2D eigenvalue weighted by atomic mass is 10.2. The number of sulfonamides is 1. The van der Waals surface area contributed by atoms with Crippen molar-refractivity contribution < 1.29 is 17.9 Å². The van der Waals surface area contributed by atoms with E-state index in [4.69, 9.17) is 4.74 Å². The van der Waals surface area contributed by atoms with Crippen molar-refractivity contribution in [1.29, 1.82) is 0 Å². The molecule has 26 heavy (non-hydrogen) atoms. The Hall–Kier alpha value is -2.29. The Kier molecular flexibility index (Phi) is 5.65. The van der Waals surface area contributed by atoms with Crippen LogP contribution < -0.4 is 10.0 Å². The number of hydrogen-bond acceptors (Lipinski definition) is 5. The fourth-order valence-corrected chi connectivity index (χ4v) is 3.99. The van der Waals surface area contributed by atoms with Crippen LogP contribution in [0.5, 0.6) is 0 Å². The van der Waals surface area contributed by atoms with E-state index in [0.717, 1.165) is 11.3 Å². The average Bonchev–Trinajstić information content (AvgIpc) is 3.13. The van der Waals surface area contributed by atoms with Crippen molar-refractivity contribution in [2.45, 2.75) is 30.8 Å². The quantitative estimate of drug-likeness (QED) is 0.795. The van der Waals surface area contributed by atoms with Gasteiger partial charge >= 0.3 is 0 Å². The zero-order valence-electron chi connectivity index (χ0n) is 14.4. The third-order valence-electron chi connectivity index (χ3n) is 4.19. The smallest absolute Gasteiger partial charge is 0.251 e. The van der Waals surface area contributed by atoms with Gasteiger partial charge < -0.3 is 10.1 Å². The maximum absolute atomic E-state index is 12.5. The van der Waals surface area contributed by atoms with Crippen molar-refractivity contribution in [1.82, 2.24) is 15.0 Å². The van der Waals surface area contributed by atoms with Crippen LogP contribution in [0.2, 0.25) is 0 Å². The Morgan fingerprint density at radius 1 is 1.31 bits per heavy atom. The van der Waals surface area contributed by atoms with Gasteiger partial charge in [-0.05, 0) is 43.2 Å². The Bertz CT molecular complexity index is 893. The molecule has 0 bridgehead atoms. The third kappa shape index (κ3) is 4.46. The van der Waals surface area contributed by atoms with Crippen LogP contribution in [0.4, 0.5) is 0 Å². The molecule has 1 amide bonds. The van der Waals surface area contributed by atoms with E-state index in [2.05, 4.69) is 15.0 Å². The lowest BCUT2D eigenvalue weighted by molar-refractivity contribution is 0.0950. The topological polar surface area (TPSA) is 97.4 Å². The highest BCUT2D eigenvalue weighted by molar-refractivity contribution is 7.89. The Morgan fingerprint density at radius 2 is 2.15 bits per heavy atom. The SMILES string of the molecule is Cc1cccnc1CNC(=O)c1cccc(S(=O)(=O)NC2CCOC2)c1. The van der Waals surface area contributed by atoms with Gasteiger partial charge in [0.25, 0.3) is 5.91 Å². The van der Waals surface area contributed by atoms with Gasteiger partial charge in [0.05, 0.1) is 23.7 Å². The van der Waals surface area contributed by atoms with Gasteiger partial charge in [0, 0.05) is 24.4 Å². The van der Waals surface area contributed by atoms with Crippen molar-refractivity contribution in [2.24, 2.45) is 0 Å². The second-order valence-corrected chi connectivity index (χ2v) is 7.87. The first kappa shape index (κ1) is 18.5. The number of aryl methyl sites for hydroxylation is 1. The minimum atomic E-state index is -3.70. The van der Waals surface area contributed by atoms with Crippen LogP contribution in [-0.2, 0) is 21.3 Å². The summed E-state index contributed by atoms with van der Waals surface area (Å²) in [7, 11) is -3.70. The van der Waals surface area contributed by atoms with E-state index >= 15 is 0 Å². The fraction of sp³-hybridized carbons (Fsp3) is 0.333. The summed E-state index contributed by atoms with van der Waals surface area (Å²) in [5.41, 5.74) is 2.03. The standard InChI is InChI=1S/C18H21N3O4S/c1-13-4-3-8-19-17(13)11-20-18(22)14-5-2-6-16(10-14)26(23,24)21-15-7-9-25-12-15/h2-6,8,10,15,21H,7,9,11-12H2,1H3,(H,20,22). The fourth-order valence-electron chi connectivity index (χ4n) is 2.69. The molecule has 0 aliphatic carbocycles. The van der Waals surface area contributed by atoms with Crippen LogP contribution in [0.3, 0.4) is 0 Å². The first-order valence-corrected chi connectivity index (χ1v) is 9.83. The number of rotatable bonds is 6. The van der Waals surface area contributed by atoms with Gasteiger partial charge in [-0.1, -0.05) is 12.1 Å². The number of pyridine rings is 1. The van der Waals surface area contributed by atoms with E-state index in [1.54, 1.807) is 18.3 Å². The predicted octanol–water partition coefficient (Wildman–Crippen LogP) is 1.39. The number of benzene rings is 1. The van der Waals surface area contributed by atoms with Gasteiger partial charge in [0.15, 0.2) is 0 Å². The molecule has 8 heteroatoms. The molecule has 0 spiro atoms. The number of carbonyl (C=O) groups is 1. The summed E-state index contributed by atoms with van der Waals surface area (Å²) >= 11 is 0. The van der Waals surface area contributed by atoms with E-state index in [9.17, 15) is 13.2 Å². The zero-order chi connectivity index (χ0) is 18.6. The summed E-state index contributed by atoms with van der Waals surface area (Å²) in [6.45, 7) is 3.10. The van der Waals surface area contributed by atoms with Crippen molar-refractivity contribution in [2.75, 3.05) is 13.2 Å². The number of carbonyl (C=O) groups excluding carboxylic acids is 1. The Labute approximate surface area is 152 Å². The second-order valence-electron chi connectivity index (χ2n) is 6.16. The molecule has 1 atom stereocenters. The molecule has 1 aliphatic heterocycles. The number of amides is 1. The molecular formula is C18H21N3O4S. The highest BCUT2D eigenvalue weighted by Gasteiger charge is 2.24. The molecule has 1 aromatic carbocycles. The molecule has 0 radical (unpaired) electrons. The van der Waals surface area contributed by atoms with Crippen molar-refractivity contribution in [3.63, 3.8) is 0 Å². The molecule has 1 unspecified atom stereocenters. The van der Waals surface area contributed by atoms with Crippen molar-refractivity contribution >= 4 is 15.9 Å². The molecule has 2 N–H and O–H groups in total. The number of hydrogen-bond donors (Lipinski definition) is 2. The molecule has 3 rings (SSSR count). The first-order valence-electron chi connectivity index (χ1n) is 8.34. The van der Waals surface area contributed by atoms with E-state index in [0.29, 0.717) is 19.6 Å². The van der Waals surface area contributed by atoms with Gasteiger partial charge in [-0.25, -0.2) is 13.1 Å². The molecule has 2 heterocycles. The minimum Gasteiger partial charge on any atom is -0.380 e. The van der Waals surface area contributed by atoms with Crippen LogP contribution in [-0.4, -0.2) is 38.6 Å². The van der Waals surface area contributed by atoms with Crippen molar-refractivity contribution in [3.8, 4) is 0 Å². The molecule has 1 saturated heterocycles. The number of ether oxygens (including phenoxy) is 1. The molecule has 7 nitrogen and oxygen atoms in total. The monoisotopic (exact) mass is 375 g/mol. The molecular weight excluding hydrogens is 354 g/mol. The van der Waals surface area contributed by atoms with E-state index in [1.807, 2.05) is 19.1 Å². The van der Waals surface area contributed by atoms with Gasteiger partial charge in [-0.2, -0.15) is 0 Å². The van der Waals surface area contributed by atoms with Crippen molar-refractivity contribution in [3.05, 3.63) is 59.4 Å². The first-order chi connectivity index (χ1) is 12.5. The number of nitrogens with zero attached hydrogens (tertiary/aromatic N) is 1. The maximum Gasteiger partial charge on any atom is 0.251 e. The number of nitrogens with one attached hydrogen (secondary N) is 2. The zero-order valence-corrected chi connectivity index (χ0v) is 15.3. The lowest BCUT2D eigenvalue weighted by Crippen LogP contribution is -2.35. The van der Waals surface area contributed by atoms with Crippen LogP contribution in [0.25, 0.3) is 0 Å². The van der Waals surface area contributed by atoms with Gasteiger partial charge in [0.2, 0.25) is 10.0 Å². The van der Waals surface area contributed by atoms with Gasteiger partial charge in [0.1, 0.15) is 0 Å². The molecule has 1 aliphatic rings. The van der Waals surface area contributed by atoms with Crippen LogP contribution in [0, 0.1) is 6.92 Å². The summed E-state index contributed by atoms with van der Waals surface area (Å²) in [5.74, 6) is -0.351. The lowest BCUT2D eigenvalue weighted by Gasteiger charge is -2.12. The highest BCUT2D eigenvalue weighted by atomic mass is 32.2. The Morgan fingerprint density at radius 3 is 2.88 bits per heavy atom. The van der Waals surface area contributed by atoms with Crippen LogP contribution in [0.1, 0.15) is 28.0 Å².